The van der Waals surface area contributed by atoms with Crippen molar-refractivity contribution in [1.29, 1.82) is 0 Å². The van der Waals surface area contributed by atoms with E-state index in [1.165, 1.54) is 16.2 Å². The molecule has 0 aliphatic rings. The van der Waals surface area contributed by atoms with Gasteiger partial charge >= 0.3 is 4.87 Å². The van der Waals surface area contributed by atoms with Crippen LogP contribution in [0.5, 0.6) is 0 Å². The van der Waals surface area contributed by atoms with Gasteiger partial charge in [-0.15, -0.1) is 11.3 Å². The Kier molecular flexibility index (Phi) is 3.13. The van der Waals surface area contributed by atoms with E-state index < -0.39 is 0 Å². The van der Waals surface area contributed by atoms with Crippen LogP contribution in [-0.2, 0) is 6.54 Å². The zero-order valence-electron chi connectivity index (χ0n) is 8.41. The van der Waals surface area contributed by atoms with Crippen molar-refractivity contribution in [3.63, 3.8) is 0 Å². The molecule has 15 heavy (non-hydrogen) atoms. The van der Waals surface area contributed by atoms with E-state index in [9.17, 15) is 4.79 Å². The maximum atomic E-state index is 11.6. The van der Waals surface area contributed by atoms with Gasteiger partial charge in [0.15, 0.2) is 0 Å². The zero-order chi connectivity index (χ0) is 11.0. The molecule has 0 saturated heterocycles. The van der Waals surface area contributed by atoms with Crippen LogP contribution in [0.4, 0.5) is 0 Å². The van der Waals surface area contributed by atoms with Crippen molar-refractivity contribution >= 4 is 38.6 Å². The molecule has 2 nitrogen and oxygen atoms in total. The number of aryl methyl sites for hydroxylation is 1. The Balaban J connectivity index is 2.36. The Morgan fingerprint density at radius 1 is 1.47 bits per heavy atom. The molecule has 0 fully saturated rings. The van der Waals surface area contributed by atoms with Gasteiger partial charge in [0.1, 0.15) is 0 Å². The number of aromatic nitrogens is 1. The molecule has 2 heterocycles. The van der Waals surface area contributed by atoms with Crippen LogP contribution < -0.4 is 4.87 Å². The van der Waals surface area contributed by atoms with E-state index in [2.05, 4.69) is 22.0 Å². The molecular formula is C10H10BrNOS2. The predicted molar refractivity (Wildman–Crippen MR) is 69.2 cm³/mol. The summed E-state index contributed by atoms with van der Waals surface area (Å²) in [6.07, 6.45) is 0. The van der Waals surface area contributed by atoms with E-state index in [0.29, 0.717) is 6.54 Å². The van der Waals surface area contributed by atoms with Crippen LogP contribution >= 0.6 is 38.6 Å². The van der Waals surface area contributed by atoms with Crippen molar-refractivity contribution < 1.29 is 0 Å². The van der Waals surface area contributed by atoms with Crippen molar-refractivity contribution in [2.75, 3.05) is 0 Å². The van der Waals surface area contributed by atoms with Gasteiger partial charge in [-0.2, -0.15) is 0 Å². The second-order valence-corrected chi connectivity index (χ2v) is 6.40. The normalized spacial score (nSPS) is 10.9. The number of hydrogen-bond acceptors (Lipinski definition) is 3. The molecule has 0 radical (unpaired) electrons. The molecule has 5 heteroatoms. The van der Waals surface area contributed by atoms with E-state index in [1.807, 2.05) is 23.8 Å². The van der Waals surface area contributed by atoms with Gasteiger partial charge in [0, 0.05) is 25.3 Å². The summed E-state index contributed by atoms with van der Waals surface area (Å²) >= 11 is 6.40. The lowest BCUT2D eigenvalue weighted by molar-refractivity contribution is 0.761. The topological polar surface area (TPSA) is 22.0 Å². The molecule has 0 saturated carbocycles. The summed E-state index contributed by atoms with van der Waals surface area (Å²) in [5.41, 5.74) is 1.08. The molecule has 0 N–H and O–H groups in total. The maximum absolute atomic E-state index is 11.6. The molecule has 0 spiro atoms. The second kappa shape index (κ2) is 4.23. The highest BCUT2D eigenvalue weighted by Crippen LogP contribution is 2.21. The first-order valence-corrected chi connectivity index (χ1v) is 6.96. The highest BCUT2D eigenvalue weighted by molar-refractivity contribution is 9.10. The van der Waals surface area contributed by atoms with Crippen molar-refractivity contribution in [3.05, 3.63) is 41.0 Å². The van der Waals surface area contributed by atoms with E-state index in [4.69, 9.17) is 0 Å². The summed E-state index contributed by atoms with van der Waals surface area (Å²) in [6, 6.07) is 2.06. The summed E-state index contributed by atoms with van der Waals surface area (Å²) in [7, 11) is 0. The van der Waals surface area contributed by atoms with Gasteiger partial charge in [0.05, 0.1) is 6.54 Å². The van der Waals surface area contributed by atoms with Crippen LogP contribution in [-0.4, -0.2) is 4.57 Å². The maximum Gasteiger partial charge on any atom is 0.307 e. The van der Waals surface area contributed by atoms with Gasteiger partial charge < -0.3 is 0 Å². The molecule has 2 aromatic rings. The third-order valence-corrected chi connectivity index (χ3v) is 4.99. The third kappa shape index (κ3) is 2.24. The van der Waals surface area contributed by atoms with Crippen molar-refractivity contribution in [2.45, 2.75) is 20.4 Å². The monoisotopic (exact) mass is 303 g/mol. The SMILES string of the molecule is Cc1sc(=O)n(Cc2cc(Br)cs2)c1C. The number of thiazole rings is 1. The van der Waals surface area contributed by atoms with Crippen molar-refractivity contribution in [3.8, 4) is 0 Å². The molecule has 2 rings (SSSR count). The summed E-state index contributed by atoms with van der Waals surface area (Å²) in [6.45, 7) is 4.67. The van der Waals surface area contributed by atoms with Crippen molar-refractivity contribution in [1.82, 2.24) is 4.57 Å². The fraction of sp³-hybridized carbons (Fsp3) is 0.300. The van der Waals surface area contributed by atoms with Crippen LogP contribution in [0, 0.1) is 13.8 Å². The minimum atomic E-state index is 0.134. The molecule has 0 amide bonds. The van der Waals surface area contributed by atoms with Crippen LogP contribution in [0.1, 0.15) is 15.4 Å². The van der Waals surface area contributed by atoms with Gasteiger partial charge in [-0.3, -0.25) is 9.36 Å². The lowest BCUT2D eigenvalue weighted by atomic mass is 10.4. The fourth-order valence-electron chi connectivity index (χ4n) is 1.36. The Hall–Kier alpha value is -0.390. The first kappa shape index (κ1) is 11.1. The Morgan fingerprint density at radius 3 is 2.67 bits per heavy atom. The Morgan fingerprint density at radius 2 is 2.20 bits per heavy atom. The summed E-state index contributed by atoms with van der Waals surface area (Å²) in [5, 5.41) is 2.04. The van der Waals surface area contributed by atoms with Gasteiger partial charge in [0.2, 0.25) is 0 Å². The molecule has 0 aliphatic heterocycles. The first-order chi connectivity index (χ1) is 7.08. The molecule has 0 aliphatic carbocycles. The van der Waals surface area contributed by atoms with Gasteiger partial charge in [0.25, 0.3) is 0 Å². The molecule has 80 valence electrons. The molecule has 0 atom stereocenters. The van der Waals surface area contributed by atoms with Crippen molar-refractivity contribution in [2.24, 2.45) is 0 Å². The molecule has 2 aromatic heterocycles. The number of thiophene rings is 1. The second-order valence-electron chi connectivity index (χ2n) is 3.33. The highest BCUT2D eigenvalue weighted by atomic mass is 79.9. The fourth-order valence-corrected chi connectivity index (χ4v) is 3.63. The van der Waals surface area contributed by atoms with E-state index in [1.54, 1.807) is 11.3 Å². The number of nitrogens with zero attached hydrogens (tertiary/aromatic N) is 1. The number of hydrogen-bond donors (Lipinski definition) is 0. The van der Waals surface area contributed by atoms with Crippen LogP contribution in [0.15, 0.2) is 20.7 Å². The summed E-state index contributed by atoms with van der Waals surface area (Å²) in [5.74, 6) is 0. The first-order valence-electron chi connectivity index (χ1n) is 4.47. The number of halogens is 1. The Bertz CT molecular complexity index is 538. The molecule has 0 bridgehead atoms. The highest BCUT2D eigenvalue weighted by Gasteiger charge is 2.08. The van der Waals surface area contributed by atoms with Crippen LogP contribution in [0.25, 0.3) is 0 Å². The van der Waals surface area contributed by atoms with Crippen LogP contribution in [0.3, 0.4) is 0 Å². The molecule has 0 unspecified atom stereocenters. The minimum Gasteiger partial charge on any atom is -0.298 e. The predicted octanol–water partition coefficient (Wildman–Crippen LogP) is 3.40. The van der Waals surface area contributed by atoms with Gasteiger partial charge in [-0.05, 0) is 35.8 Å². The Labute approximate surface area is 104 Å². The van der Waals surface area contributed by atoms with Gasteiger partial charge in [-0.1, -0.05) is 11.3 Å². The smallest absolute Gasteiger partial charge is 0.298 e. The summed E-state index contributed by atoms with van der Waals surface area (Å²) in [4.78, 5) is 14.1. The van der Waals surface area contributed by atoms with E-state index >= 15 is 0 Å². The van der Waals surface area contributed by atoms with E-state index in [0.717, 1.165) is 15.0 Å². The third-order valence-electron chi connectivity index (χ3n) is 2.31. The lowest BCUT2D eigenvalue weighted by Gasteiger charge is -2.01. The largest absolute Gasteiger partial charge is 0.307 e. The molecular weight excluding hydrogens is 294 g/mol. The lowest BCUT2D eigenvalue weighted by Crippen LogP contribution is -2.14. The van der Waals surface area contributed by atoms with Gasteiger partial charge in [-0.25, -0.2) is 0 Å². The number of rotatable bonds is 2. The standard InChI is InChI=1S/C10H10BrNOS2/c1-6-7(2)15-10(13)12(6)4-9-3-8(11)5-14-9/h3,5H,4H2,1-2H3. The zero-order valence-corrected chi connectivity index (χ0v) is 11.6. The average Bonchev–Trinajstić information content (AvgIpc) is 2.67. The van der Waals surface area contributed by atoms with E-state index in [-0.39, 0.29) is 4.87 Å². The average molecular weight is 304 g/mol. The van der Waals surface area contributed by atoms with Crippen LogP contribution in [0.2, 0.25) is 0 Å². The minimum absolute atomic E-state index is 0.134. The quantitative estimate of drug-likeness (QED) is 0.833. The molecule has 0 aromatic carbocycles. The summed E-state index contributed by atoms with van der Waals surface area (Å²) < 4.78 is 2.92.